The highest BCUT2D eigenvalue weighted by molar-refractivity contribution is 5.93. The number of aliphatic carboxylic acids is 1. The number of rotatable bonds is 5. The molecule has 0 saturated heterocycles. The first-order valence-corrected chi connectivity index (χ1v) is 4.74. The van der Waals surface area contributed by atoms with Crippen molar-refractivity contribution in [1.29, 1.82) is 0 Å². The normalized spacial score (nSPS) is 11.5. The zero-order chi connectivity index (χ0) is 11.4. The fourth-order valence-electron chi connectivity index (χ4n) is 0.730. The van der Waals surface area contributed by atoms with Gasteiger partial charge < -0.3 is 10.4 Å². The van der Waals surface area contributed by atoms with E-state index in [4.69, 9.17) is 5.11 Å². The SMILES string of the molecule is CC(C)C(C)(C)CNC(=O)CC(=O)O. The number of nitrogens with one attached hydrogen (secondary N) is 1. The van der Waals surface area contributed by atoms with Gasteiger partial charge >= 0.3 is 5.97 Å². The Morgan fingerprint density at radius 2 is 1.86 bits per heavy atom. The molecule has 1 amide bonds. The van der Waals surface area contributed by atoms with Crippen molar-refractivity contribution in [2.24, 2.45) is 11.3 Å². The van der Waals surface area contributed by atoms with Crippen molar-refractivity contribution >= 4 is 11.9 Å². The van der Waals surface area contributed by atoms with Gasteiger partial charge in [0.1, 0.15) is 6.42 Å². The molecule has 0 aliphatic rings. The molecule has 0 aromatic carbocycles. The molecule has 0 atom stereocenters. The Kier molecular flexibility index (Phi) is 4.60. The molecule has 0 aromatic heterocycles. The van der Waals surface area contributed by atoms with Crippen molar-refractivity contribution in [2.45, 2.75) is 34.1 Å². The zero-order valence-corrected chi connectivity index (χ0v) is 9.26. The molecule has 82 valence electrons. The number of carbonyl (C=O) groups is 2. The Labute approximate surface area is 84.7 Å². The molecular formula is C10H19NO3. The summed E-state index contributed by atoms with van der Waals surface area (Å²) in [7, 11) is 0. The summed E-state index contributed by atoms with van der Waals surface area (Å²) in [5.74, 6) is -1.08. The van der Waals surface area contributed by atoms with Crippen molar-refractivity contribution in [3.63, 3.8) is 0 Å². The van der Waals surface area contributed by atoms with Crippen LogP contribution in [0.3, 0.4) is 0 Å². The van der Waals surface area contributed by atoms with E-state index in [0.29, 0.717) is 12.5 Å². The first-order chi connectivity index (χ1) is 6.25. The van der Waals surface area contributed by atoms with Crippen LogP contribution in [0.15, 0.2) is 0 Å². The van der Waals surface area contributed by atoms with Crippen LogP contribution in [0.1, 0.15) is 34.1 Å². The van der Waals surface area contributed by atoms with Crippen LogP contribution in [0.25, 0.3) is 0 Å². The summed E-state index contributed by atoms with van der Waals surface area (Å²) in [6.07, 6.45) is -0.450. The molecule has 0 bridgehead atoms. The molecule has 14 heavy (non-hydrogen) atoms. The third kappa shape index (κ3) is 4.84. The van der Waals surface area contributed by atoms with E-state index in [1.165, 1.54) is 0 Å². The van der Waals surface area contributed by atoms with E-state index in [2.05, 4.69) is 19.2 Å². The summed E-state index contributed by atoms with van der Waals surface area (Å²) < 4.78 is 0. The number of hydrogen-bond acceptors (Lipinski definition) is 2. The van der Waals surface area contributed by atoms with Gasteiger partial charge in [-0.25, -0.2) is 0 Å². The minimum atomic E-state index is -1.09. The number of carbonyl (C=O) groups excluding carboxylic acids is 1. The maximum atomic E-state index is 11.0. The van der Waals surface area contributed by atoms with Crippen LogP contribution in [0, 0.1) is 11.3 Å². The summed E-state index contributed by atoms with van der Waals surface area (Å²) >= 11 is 0. The Bertz CT molecular complexity index is 221. The average Bonchev–Trinajstić information content (AvgIpc) is 1.99. The largest absolute Gasteiger partial charge is 0.481 e. The van der Waals surface area contributed by atoms with Gasteiger partial charge in [0.05, 0.1) is 0 Å². The van der Waals surface area contributed by atoms with Crippen molar-refractivity contribution < 1.29 is 14.7 Å². The highest BCUT2D eigenvalue weighted by Gasteiger charge is 2.23. The van der Waals surface area contributed by atoms with Gasteiger partial charge in [0.25, 0.3) is 0 Å². The van der Waals surface area contributed by atoms with Gasteiger partial charge in [-0.2, -0.15) is 0 Å². The number of amides is 1. The molecule has 0 fully saturated rings. The molecule has 0 aliphatic heterocycles. The highest BCUT2D eigenvalue weighted by atomic mass is 16.4. The molecule has 0 aromatic rings. The lowest BCUT2D eigenvalue weighted by Crippen LogP contribution is -2.37. The van der Waals surface area contributed by atoms with Gasteiger partial charge in [-0.15, -0.1) is 0 Å². The van der Waals surface area contributed by atoms with E-state index in [9.17, 15) is 9.59 Å². The molecule has 0 rings (SSSR count). The van der Waals surface area contributed by atoms with E-state index >= 15 is 0 Å². The Morgan fingerprint density at radius 1 is 1.36 bits per heavy atom. The second-order valence-electron chi connectivity index (χ2n) is 4.49. The molecule has 4 heteroatoms. The topological polar surface area (TPSA) is 66.4 Å². The van der Waals surface area contributed by atoms with Crippen LogP contribution >= 0.6 is 0 Å². The van der Waals surface area contributed by atoms with Gasteiger partial charge in [0, 0.05) is 6.54 Å². The first-order valence-electron chi connectivity index (χ1n) is 4.74. The molecule has 0 unspecified atom stereocenters. The maximum absolute atomic E-state index is 11.0. The highest BCUT2D eigenvalue weighted by Crippen LogP contribution is 2.24. The molecule has 0 heterocycles. The Hall–Kier alpha value is -1.06. The zero-order valence-electron chi connectivity index (χ0n) is 9.26. The van der Waals surface area contributed by atoms with E-state index in [-0.39, 0.29) is 5.41 Å². The molecule has 0 saturated carbocycles. The molecule has 2 N–H and O–H groups in total. The van der Waals surface area contributed by atoms with E-state index in [1.807, 2.05) is 13.8 Å². The van der Waals surface area contributed by atoms with Crippen LogP contribution in [0.2, 0.25) is 0 Å². The van der Waals surface area contributed by atoms with E-state index < -0.39 is 18.3 Å². The molecule has 0 aliphatic carbocycles. The molecule has 4 nitrogen and oxygen atoms in total. The van der Waals surface area contributed by atoms with Gasteiger partial charge in [-0.05, 0) is 11.3 Å². The second kappa shape index (κ2) is 4.98. The van der Waals surface area contributed by atoms with Crippen molar-refractivity contribution in [2.75, 3.05) is 6.54 Å². The summed E-state index contributed by atoms with van der Waals surface area (Å²) in [6, 6.07) is 0. The van der Waals surface area contributed by atoms with E-state index in [0.717, 1.165) is 0 Å². The fourth-order valence-corrected chi connectivity index (χ4v) is 0.730. The summed E-state index contributed by atoms with van der Waals surface area (Å²) in [5.41, 5.74) is -0.00579. The Morgan fingerprint density at radius 3 is 2.21 bits per heavy atom. The minimum Gasteiger partial charge on any atom is -0.481 e. The van der Waals surface area contributed by atoms with Crippen molar-refractivity contribution in [3.8, 4) is 0 Å². The van der Waals surface area contributed by atoms with Crippen molar-refractivity contribution in [1.82, 2.24) is 5.32 Å². The predicted octanol–water partition coefficient (Wildman–Crippen LogP) is 1.26. The molecule has 0 radical (unpaired) electrons. The first kappa shape index (κ1) is 12.9. The predicted molar refractivity (Wildman–Crippen MR) is 53.9 cm³/mol. The standard InChI is InChI=1S/C10H19NO3/c1-7(2)10(3,4)6-11-8(12)5-9(13)14/h7H,5-6H2,1-4H3,(H,11,12)(H,13,14). The summed E-state index contributed by atoms with van der Waals surface area (Å²) in [4.78, 5) is 21.2. The quantitative estimate of drug-likeness (QED) is 0.658. The lowest BCUT2D eigenvalue weighted by molar-refractivity contribution is -0.140. The van der Waals surface area contributed by atoms with Crippen LogP contribution in [-0.2, 0) is 9.59 Å². The van der Waals surface area contributed by atoms with Crippen LogP contribution in [0.4, 0.5) is 0 Å². The maximum Gasteiger partial charge on any atom is 0.312 e. The van der Waals surface area contributed by atoms with Gasteiger partial charge in [0.2, 0.25) is 5.91 Å². The number of carboxylic acids is 1. The number of carboxylic acid groups (broad SMARTS) is 1. The Balaban J connectivity index is 3.94. The average molecular weight is 201 g/mol. The number of hydrogen-bond donors (Lipinski definition) is 2. The van der Waals surface area contributed by atoms with Crippen LogP contribution in [0.5, 0.6) is 0 Å². The van der Waals surface area contributed by atoms with E-state index in [1.54, 1.807) is 0 Å². The third-order valence-electron chi connectivity index (χ3n) is 2.62. The van der Waals surface area contributed by atoms with Crippen LogP contribution in [-0.4, -0.2) is 23.5 Å². The van der Waals surface area contributed by atoms with Crippen molar-refractivity contribution in [3.05, 3.63) is 0 Å². The smallest absolute Gasteiger partial charge is 0.312 e. The second-order valence-corrected chi connectivity index (χ2v) is 4.49. The lowest BCUT2D eigenvalue weighted by atomic mass is 9.81. The summed E-state index contributed by atoms with van der Waals surface area (Å²) in [5, 5.41) is 11.0. The van der Waals surface area contributed by atoms with Gasteiger partial charge in [0.15, 0.2) is 0 Å². The minimum absolute atomic E-state index is 0.00579. The van der Waals surface area contributed by atoms with Gasteiger partial charge in [-0.1, -0.05) is 27.7 Å². The monoisotopic (exact) mass is 201 g/mol. The molecule has 0 spiro atoms. The fraction of sp³-hybridized carbons (Fsp3) is 0.800. The molecular weight excluding hydrogens is 182 g/mol. The summed E-state index contributed by atoms with van der Waals surface area (Å²) in [6.45, 7) is 8.74. The third-order valence-corrected chi connectivity index (χ3v) is 2.62. The van der Waals surface area contributed by atoms with Gasteiger partial charge in [-0.3, -0.25) is 9.59 Å². The van der Waals surface area contributed by atoms with Crippen LogP contribution < -0.4 is 5.32 Å². The lowest BCUT2D eigenvalue weighted by Gasteiger charge is -2.29.